The van der Waals surface area contributed by atoms with Gasteiger partial charge in [0, 0.05) is 18.1 Å². The Bertz CT molecular complexity index is 665. The number of hydroxylamine groups is 1. The van der Waals surface area contributed by atoms with E-state index in [1.165, 1.54) is 12.2 Å². The SMILES string of the molecule is CC=CC(=O)ONC(=O)C(Cc1ccccc1)NC(=O)C1=CCC1. The van der Waals surface area contributed by atoms with Crippen LogP contribution >= 0.6 is 0 Å². The Kier molecular flexibility index (Phi) is 6.31. The predicted octanol–water partition coefficient (Wildman–Crippen LogP) is 1.58. The lowest BCUT2D eigenvalue weighted by Gasteiger charge is -2.21. The van der Waals surface area contributed by atoms with E-state index < -0.39 is 17.9 Å². The van der Waals surface area contributed by atoms with Gasteiger partial charge >= 0.3 is 5.97 Å². The first-order chi connectivity index (χ1) is 11.6. The number of benzene rings is 1. The molecule has 2 N–H and O–H groups in total. The van der Waals surface area contributed by atoms with Crippen LogP contribution in [0.25, 0.3) is 0 Å². The van der Waals surface area contributed by atoms with E-state index in [-0.39, 0.29) is 5.91 Å². The Balaban J connectivity index is 2.01. The summed E-state index contributed by atoms with van der Waals surface area (Å²) in [5, 5.41) is 2.69. The molecule has 0 saturated heterocycles. The van der Waals surface area contributed by atoms with Crippen LogP contribution in [0.2, 0.25) is 0 Å². The summed E-state index contributed by atoms with van der Waals surface area (Å²) in [6, 6.07) is 8.47. The van der Waals surface area contributed by atoms with Crippen molar-refractivity contribution >= 4 is 17.8 Å². The summed E-state index contributed by atoms with van der Waals surface area (Å²) in [5.74, 6) is -1.53. The highest BCUT2D eigenvalue weighted by Crippen LogP contribution is 2.18. The van der Waals surface area contributed by atoms with E-state index >= 15 is 0 Å². The molecule has 0 aromatic heterocycles. The van der Waals surface area contributed by atoms with Crippen LogP contribution in [0.1, 0.15) is 25.3 Å². The topological polar surface area (TPSA) is 84.5 Å². The minimum absolute atomic E-state index is 0.267. The van der Waals surface area contributed by atoms with Crippen LogP contribution in [-0.4, -0.2) is 23.8 Å². The average molecular weight is 328 g/mol. The molecule has 1 unspecified atom stereocenters. The molecule has 0 fully saturated rings. The largest absolute Gasteiger partial charge is 0.355 e. The standard InChI is InChI=1S/C18H20N2O4/c1-2-7-16(21)24-20-18(23)15(12-13-8-4-3-5-9-13)19-17(22)14-10-6-11-14/h2-5,7-10,15H,6,11-12H2,1H3,(H,19,22)(H,20,23). The van der Waals surface area contributed by atoms with Crippen LogP contribution in [-0.2, 0) is 25.6 Å². The number of amides is 2. The van der Waals surface area contributed by atoms with E-state index in [0.717, 1.165) is 12.0 Å². The third kappa shape index (κ3) is 5.08. The van der Waals surface area contributed by atoms with Gasteiger partial charge < -0.3 is 10.2 Å². The Morgan fingerprint density at radius 3 is 2.54 bits per heavy atom. The quantitative estimate of drug-likeness (QED) is 0.613. The lowest BCUT2D eigenvalue weighted by molar-refractivity contribution is -0.154. The van der Waals surface area contributed by atoms with Crippen molar-refractivity contribution in [3.63, 3.8) is 0 Å². The zero-order chi connectivity index (χ0) is 17.4. The minimum Gasteiger partial charge on any atom is -0.340 e. The molecule has 0 heterocycles. The van der Waals surface area contributed by atoms with Gasteiger partial charge in [0.25, 0.3) is 5.91 Å². The van der Waals surface area contributed by atoms with Crippen LogP contribution in [0, 0.1) is 0 Å². The van der Waals surface area contributed by atoms with Crippen molar-refractivity contribution in [3.8, 4) is 0 Å². The average Bonchev–Trinajstić information content (AvgIpc) is 2.51. The van der Waals surface area contributed by atoms with Gasteiger partial charge in [-0.05, 0) is 25.3 Å². The highest BCUT2D eigenvalue weighted by atomic mass is 16.7. The van der Waals surface area contributed by atoms with Crippen LogP contribution in [0.5, 0.6) is 0 Å². The number of hydrogen-bond donors (Lipinski definition) is 2. The summed E-state index contributed by atoms with van der Waals surface area (Å²) in [6.45, 7) is 1.66. The predicted molar refractivity (Wildman–Crippen MR) is 88.4 cm³/mol. The van der Waals surface area contributed by atoms with Crippen molar-refractivity contribution in [1.29, 1.82) is 0 Å². The Morgan fingerprint density at radius 1 is 1.25 bits per heavy atom. The number of hydrogen-bond acceptors (Lipinski definition) is 4. The first kappa shape index (κ1) is 17.5. The Hall–Kier alpha value is -2.89. The zero-order valence-corrected chi connectivity index (χ0v) is 13.5. The molecule has 1 aliphatic rings. The van der Waals surface area contributed by atoms with Gasteiger partial charge in [-0.1, -0.05) is 42.5 Å². The number of nitrogens with one attached hydrogen (secondary N) is 2. The van der Waals surface area contributed by atoms with E-state index in [2.05, 4.69) is 15.6 Å². The van der Waals surface area contributed by atoms with Crippen molar-refractivity contribution in [2.24, 2.45) is 0 Å². The Labute approximate surface area is 140 Å². The second-order valence-corrected chi connectivity index (χ2v) is 5.37. The first-order valence-electron chi connectivity index (χ1n) is 7.77. The molecular formula is C18H20N2O4. The molecule has 0 bridgehead atoms. The smallest absolute Gasteiger partial charge is 0.340 e. The maximum Gasteiger partial charge on any atom is 0.355 e. The van der Waals surface area contributed by atoms with Crippen molar-refractivity contribution in [3.05, 3.63) is 59.7 Å². The zero-order valence-electron chi connectivity index (χ0n) is 13.5. The molecule has 1 aromatic carbocycles. The normalized spacial score (nSPS) is 14.3. The fourth-order valence-corrected chi connectivity index (χ4v) is 2.15. The lowest BCUT2D eigenvalue weighted by atomic mass is 9.97. The third-order valence-corrected chi connectivity index (χ3v) is 3.56. The van der Waals surface area contributed by atoms with Crippen molar-refractivity contribution in [2.45, 2.75) is 32.2 Å². The van der Waals surface area contributed by atoms with Gasteiger partial charge in [-0.15, -0.1) is 0 Å². The van der Waals surface area contributed by atoms with Crippen molar-refractivity contribution in [2.75, 3.05) is 0 Å². The molecule has 6 heteroatoms. The highest BCUT2D eigenvalue weighted by Gasteiger charge is 2.25. The summed E-state index contributed by atoms with van der Waals surface area (Å²) in [7, 11) is 0. The van der Waals surface area contributed by atoms with Gasteiger partial charge in [-0.3, -0.25) is 9.59 Å². The van der Waals surface area contributed by atoms with E-state index in [4.69, 9.17) is 0 Å². The molecule has 126 valence electrons. The number of allylic oxidation sites excluding steroid dienone is 2. The third-order valence-electron chi connectivity index (χ3n) is 3.56. The van der Waals surface area contributed by atoms with E-state index in [0.29, 0.717) is 18.4 Å². The summed E-state index contributed by atoms with van der Waals surface area (Å²) < 4.78 is 0. The molecule has 1 aliphatic carbocycles. The number of carbonyl (C=O) groups is 3. The van der Waals surface area contributed by atoms with Crippen LogP contribution < -0.4 is 10.8 Å². The fourth-order valence-electron chi connectivity index (χ4n) is 2.15. The number of carbonyl (C=O) groups excluding carboxylic acids is 3. The molecular weight excluding hydrogens is 308 g/mol. The van der Waals surface area contributed by atoms with Crippen molar-refractivity contribution < 1.29 is 19.2 Å². The molecule has 1 aromatic rings. The molecule has 24 heavy (non-hydrogen) atoms. The van der Waals surface area contributed by atoms with Gasteiger partial charge in [0.1, 0.15) is 6.04 Å². The summed E-state index contributed by atoms with van der Waals surface area (Å²) >= 11 is 0. The highest BCUT2D eigenvalue weighted by molar-refractivity contribution is 5.98. The lowest BCUT2D eigenvalue weighted by Crippen LogP contribution is -2.49. The maximum atomic E-state index is 12.3. The van der Waals surface area contributed by atoms with Gasteiger partial charge in [0.2, 0.25) is 5.91 Å². The second-order valence-electron chi connectivity index (χ2n) is 5.37. The van der Waals surface area contributed by atoms with Gasteiger partial charge in [0.15, 0.2) is 0 Å². The van der Waals surface area contributed by atoms with Gasteiger partial charge in [-0.2, -0.15) is 5.48 Å². The second kappa shape index (κ2) is 8.67. The Morgan fingerprint density at radius 2 is 1.96 bits per heavy atom. The molecule has 1 atom stereocenters. The van der Waals surface area contributed by atoms with E-state index in [9.17, 15) is 14.4 Å². The molecule has 2 rings (SSSR count). The van der Waals surface area contributed by atoms with Gasteiger partial charge in [-0.25, -0.2) is 4.79 Å². The molecule has 0 radical (unpaired) electrons. The van der Waals surface area contributed by atoms with Crippen LogP contribution in [0.3, 0.4) is 0 Å². The monoisotopic (exact) mass is 328 g/mol. The molecule has 6 nitrogen and oxygen atoms in total. The van der Waals surface area contributed by atoms with Crippen LogP contribution in [0.15, 0.2) is 54.1 Å². The molecule has 2 amide bonds. The van der Waals surface area contributed by atoms with Crippen LogP contribution in [0.4, 0.5) is 0 Å². The maximum absolute atomic E-state index is 12.3. The van der Waals surface area contributed by atoms with Crippen molar-refractivity contribution in [1.82, 2.24) is 10.8 Å². The molecule has 0 spiro atoms. The summed E-state index contributed by atoms with van der Waals surface area (Å²) in [6.07, 6.45) is 6.40. The molecule has 0 saturated carbocycles. The van der Waals surface area contributed by atoms with E-state index in [1.807, 2.05) is 36.4 Å². The molecule has 0 aliphatic heterocycles. The summed E-state index contributed by atoms with van der Waals surface area (Å²) in [5.41, 5.74) is 3.66. The first-order valence-corrected chi connectivity index (χ1v) is 7.77. The minimum atomic E-state index is -0.834. The fraction of sp³-hybridized carbons (Fsp3) is 0.278. The van der Waals surface area contributed by atoms with Gasteiger partial charge in [0.05, 0.1) is 0 Å². The summed E-state index contributed by atoms with van der Waals surface area (Å²) in [4.78, 5) is 40.3. The van der Waals surface area contributed by atoms with E-state index in [1.54, 1.807) is 6.92 Å². The number of rotatable bonds is 6.